The number of hydrogen-bond acceptors (Lipinski definition) is 5. The maximum atomic E-state index is 12.6. The van der Waals surface area contributed by atoms with Gasteiger partial charge in [-0.05, 0) is 37.6 Å². The Morgan fingerprint density at radius 2 is 2.04 bits per heavy atom. The van der Waals surface area contributed by atoms with Gasteiger partial charge in [-0.3, -0.25) is 14.9 Å². The minimum absolute atomic E-state index is 0.0359. The van der Waals surface area contributed by atoms with Gasteiger partial charge in [0, 0.05) is 23.8 Å². The van der Waals surface area contributed by atoms with Crippen LogP contribution in [0.3, 0.4) is 0 Å². The van der Waals surface area contributed by atoms with Gasteiger partial charge in [-0.2, -0.15) is 0 Å². The fourth-order valence-electron chi connectivity index (χ4n) is 2.51. The number of nitro benzene ring substituents is 1. The number of amides is 1. The van der Waals surface area contributed by atoms with Crippen LogP contribution < -0.4 is 10.1 Å². The van der Waals surface area contributed by atoms with E-state index in [9.17, 15) is 14.9 Å². The summed E-state index contributed by atoms with van der Waals surface area (Å²) in [7, 11) is 1.56. The van der Waals surface area contributed by atoms with E-state index in [0.717, 1.165) is 12.0 Å². The van der Waals surface area contributed by atoms with Crippen LogP contribution in [-0.4, -0.2) is 24.5 Å². The summed E-state index contributed by atoms with van der Waals surface area (Å²) in [6.07, 6.45) is 0.897. The van der Waals surface area contributed by atoms with Crippen LogP contribution in [0.1, 0.15) is 34.8 Å². The van der Waals surface area contributed by atoms with Gasteiger partial charge in [0.15, 0.2) is 0 Å². The average molecular weight is 358 g/mol. The van der Waals surface area contributed by atoms with E-state index >= 15 is 0 Å². The molecule has 0 unspecified atom stereocenters. The number of anilines is 1. The Hall–Kier alpha value is -2.93. The Kier molecular flexibility index (Phi) is 6.68. The highest BCUT2D eigenvalue weighted by Crippen LogP contribution is 2.26. The standard InChI is InChI=1S/C19H22N2O5/c1-4-10-26-12-15-11-14(8-9-18(15)25-3)19(22)20-16-6-5-7-17(13(16)2)21(23)24/h5-9,11H,4,10,12H2,1-3H3,(H,20,22). The number of nitrogens with one attached hydrogen (secondary N) is 1. The van der Waals surface area contributed by atoms with Crippen LogP contribution in [0.4, 0.5) is 11.4 Å². The third kappa shape index (κ3) is 4.58. The van der Waals surface area contributed by atoms with Crippen molar-refractivity contribution in [3.63, 3.8) is 0 Å². The Bertz CT molecular complexity index is 805. The number of benzene rings is 2. The molecule has 2 rings (SSSR count). The second-order valence-corrected chi connectivity index (χ2v) is 5.74. The fourth-order valence-corrected chi connectivity index (χ4v) is 2.51. The molecule has 0 saturated heterocycles. The van der Waals surface area contributed by atoms with Gasteiger partial charge >= 0.3 is 0 Å². The fraction of sp³-hybridized carbons (Fsp3) is 0.316. The maximum Gasteiger partial charge on any atom is 0.274 e. The summed E-state index contributed by atoms with van der Waals surface area (Å²) in [6.45, 7) is 4.58. The maximum absolute atomic E-state index is 12.6. The molecule has 0 saturated carbocycles. The molecule has 26 heavy (non-hydrogen) atoms. The van der Waals surface area contributed by atoms with E-state index in [2.05, 4.69) is 5.32 Å². The molecular weight excluding hydrogens is 336 g/mol. The average Bonchev–Trinajstić information content (AvgIpc) is 2.63. The Morgan fingerprint density at radius 1 is 1.27 bits per heavy atom. The van der Waals surface area contributed by atoms with Crippen molar-refractivity contribution in [2.45, 2.75) is 26.9 Å². The first-order valence-electron chi connectivity index (χ1n) is 8.28. The number of methoxy groups -OCH3 is 1. The molecule has 0 radical (unpaired) electrons. The first-order valence-corrected chi connectivity index (χ1v) is 8.28. The second kappa shape index (κ2) is 8.96. The molecule has 138 valence electrons. The molecule has 0 aromatic heterocycles. The lowest BCUT2D eigenvalue weighted by molar-refractivity contribution is -0.385. The number of carbonyl (C=O) groups excluding carboxylic acids is 1. The monoisotopic (exact) mass is 358 g/mol. The molecule has 2 aromatic rings. The van der Waals surface area contributed by atoms with E-state index in [1.807, 2.05) is 6.92 Å². The van der Waals surface area contributed by atoms with E-state index < -0.39 is 4.92 Å². The zero-order valence-corrected chi connectivity index (χ0v) is 15.1. The number of nitrogens with zero attached hydrogens (tertiary/aromatic N) is 1. The van der Waals surface area contributed by atoms with Crippen molar-refractivity contribution in [2.24, 2.45) is 0 Å². The van der Waals surface area contributed by atoms with Crippen LogP contribution in [-0.2, 0) is 11.3 Å². The van der Waals surface area contributed by atoms with Crippen LogP contribution in [0.2, 0.25) is 0 Å². The summed E-state index contributed by atoms with van der Waals surface area (Å²) in [5.41, 5.74) is 1.97. The summed E-state index contributed by atoms with van der Waals surface area (Å²) >= 11 is 0. The molecule has 1 amide bonds. The molecule has 7 nitrogen and oxygen atoms in total. The van der Waals surface area contributed by atoms with Gasteiger partial charge in [0.25, 0.3) is 11.6 Å². The van der Waals surface area contributed by atoms with Crippen LogP contribution in [0.15, 0.2) is 36.4 Å². The highest BCUT2D eigenvalue weighted by atomic mass is 16.6. The molecule has 0 aliphatic rings. The highest BCUT2D eigenvalue weighted by Gasteiger charge is 2.16. The molecule has 7 heteroatoms. The lowest BCUT2D eigenvalue weighted by Gasteiger charge is -2.12. The van der Waals surface area contributed by atoms with Gasteiger partial charge in [-0.15, -0.1) is 0 Å². The van der Waals surface area contributed by atoms with E-state index in [4.69, 9.17) is 9.47 Å². The van der Waals surface area contributed by atoms with Crippen molar-refractivity contribution in [1.82, 2.24) is 0 Å². The molecule has 0 aliphatic heterocycles. The number of carbonyl (C=O) groups is 1. The molecule has 2 aromatic carbocycles. The molecule has 0 spiro atoms. The summed E-state index contributed by atoms with van der Waals surface area (Å²) in [6, 6.07) is 9.63. The first-order chi connectivity index (χ1) is 12.5. The third-order valence-electron chi connectivity index (χ3n) is 3.90. The van der Waals surface area contributed by atoms with E-state index in [0.29, 0.717) is 35.8 Å². The number of ether oxygens (including phenoxy) is 2. The Labute approximate surface area is 152 Å². The molecular formula is C19H22N2O5. The van der Waals surface area contributed by atoms with Gasteiger partial charge in [0.2, 0.25) is 0 Å². The quantitative estimate of drug-likeness (QED) is 0.436. The molecule has 0 fully saturated rings. The topological polar surface area (TPSA) is 90.7 Å². The van der Waals surface area contributed by atoms with Crippen molar-refractivity contribution in [1.29, 1.82) is 0 Å². The van der Waals surface area contributed by atoms with Crippen LogP contribution in [0, 0.1) is 17.0 Å². The van der Waals surface area contributed by atoms with E-state index in [1.54, 1.807) is 44.4 Å². The van der Waals surface area contributed by atoms with Gasteiger partial charge in [-0.25, -0.2) is 0 Å². The van der Waals surface area contributed by atoms with Crippen LogP contribution >= 0.6 is 0 Å². The normalized spacial score (nSPS) is 10.4. The van der Waals surface area contributed by atoms with Crippen LogP contribution in [0.5, 0.6) is 5.75 Å². The zero-order valence-electron chi connectivity index (χ0n) is 15.1. The molecule has 0 aliphatic carbocycles. The zero-order chi connectivity index (χ0) is 19.1. The second-order valence-electron chi connectivity index (χ2n) is 5.74. The van der Waals surface area contributed by atoms with Gasteiger partial charge in [-0.1, -0.05) is 13.0 Å². The first kappa shape index (κ1) is 19.4. The summed E-state index contributed by atoms with van der Waals surface area (Å²) < 4.78 is 10.8. The third-order valence-corrected chi connectivity index (χ3v) is 3.90. The van der Waals surface area contributed by atoms with Crippen molar-refractivity contribution in [2.75, 3.05) is 19.0 Å². The minimum Gasteiger partial charge on any atom is -0.496 e. The Balaban J connectivity index is 2.23. The predicted molar refractivity (Wildman–Crippen MR) is 98.7 cm³/mol. The van der Waals surface area contributed by atoms with Gasteiger partial charge in [0.05, 0.1) is 29.9 Å². The minimum atomic E-state index is -0.471. The van der Waals surface area contributed by atoms with Crippen molar-refractivity contribution < 1.29 is 19.2 Å². The van der Waals surface area contributed by atoms with Crippen molar-refractivity contribution in [3.05, 3.63) is 63.2 Å². The summed E-state index contributed by atoms with van der Waals surface area (Å²) in [4.78, 5) is 23.1. The number of nitro groups is 1. The van der Waals surface area contributed by atoms with Gasteiger partial charge in [0.1, 0.15) is 5.75 Å². The lowest BCUT2D eigenvalue weighted by atomic mass is 10.1. The highest BCUT2D eigenvalue weighted by molar-refractivity contribution is 6.05. The van der Waals surface area contributed by atoms with E-state index in [-0.39, 0.29) is 11.6 Å². The summed E-state index contributed by atoms with van der Waals surface area (Å²) in [5, 5.41) is 13.8. The van der Waals surface area contributed by atoms with Crippen molar-refractivity contribution in [3.8, 4) is 5.75 Å². The smallest absolute Gasteiger partial charge is 0.274 e. The lowest BCUT2D eigenvalue weighted by Crippen LogP contribution is -2.14. The molecule has 0 atom stereocenters. The van der Waals surface area contributed by atoms with Crippen molar-refractivity contribution >= 4 is 17.3 Å². The number of rotatable bonds is 8. The largest absolute Gasteiger partial charge is 0.496 e. The van der Waals surface area contributed by atoms with Crippen LogP contribution in [0.25, 0.3) is 0 Å². The molecule has 0 bridgehead atoms. The molecule has 1 N–H and O–H groups in total. The SMILES string of the molecule is CCCOCc1cc(C(=O)Nc2cccc([N+](=O)[O-])c2C)ccc1OC. The number of hydrogen-bond donors (Lipinski definition) is 1. The summed E-state index contributed by atoms with van der Waals surface area (Å²) in [5.74, 6) is 0.289. The Morgan fingerprint density at radius 3 is 2.69 bits per heavy atom. The van der Waals surface area contributed by atoms with E-state index in [1.165, 1.54) is 6.07 Å². The van der Waals surface area contributed by atoms with Gasteiger partial charge < -0.3 is 14.8 Å². The molecule has 0 heterocycles. The predicted octanol–water partition coefficient (Wildman–Crippen LogP) is 4.09.